The molecule has 0 saturated carbocycles. The third kappa shape index (κ3) is 2.44. The van der Waals surface area contributed by atoms with Gasteiger partial charge in [0, 0.05) is 34.6 Å². The molecule has 2 aromatic carbocycles. The first kappa shape index (κ1) is 14.5. The summed E-state index contributed by atoms with van der Waals surface area (Å²) in [6.45, 7) is 0. The summed E-state index contributed by atoms with van der Waals surface area (Å²) in [7, 11) is 0. The van der Waals surface area contributed by atoms with Crippen molar-refractivity contribution >= 4 is 28.1 Å². The summed E-state index contributed by atoms with van der Waals surface area (Å²) in [6.07, 6.45) is 0.815. The summed E-state index contributed by atoms with van der Waals surface area (Å²) in [5, 5.41) is 14.0. The van der Waals surface area contributed by atoms with Crippen LogP contribution < -0.4 is 5.32 Å². The number of nitrogens with zero attached hydrogens (tertiary/aromatic N) is 2. The van der Waals surface area contributed by atoms with Gasteiger partial charge in [-0.2, -0.15) is 0 Å². The van der Waals surface area contributed by atoms with Gasteiger partial charge in [0.15, 0.2) is 5.13 Å². The maximum absolute atomic E-state index is 12.3. The largest absolute Gasteiger partial charge is 0.298 e. The molecule has 1 amide bonds. The van der Waals surface area contributed by atoms with Crippen LogP contribution in [0, 0.1) is 10.1 Å². The van der Waals surface area contributed by atoms with Crippen LogP contribution in [0.4, 0.5) is 10.8 Å². The minimum absolute atomic E-state index is 0.113. The zero-order valence-corrected chi connectivity index (χ0v) is 13.2. The molecule has 0 bridgehead atoms. The van der Waals surface area contributed by atoms with Crippen molar-refractivity contribution in [2.45, 2.75) is 6.42 Å². The van der Waals surface area contributed by atoms with Crippen LogP contribution in [0.2, 0.25) is 0 Å². The average Bonchev–Trinajstić information content (AvgIpc) is 3.12. The molecule has 1 aliphatic rings. The van der Waals surface area contributed by atoms with Gasteiger partial charge in [0.1, 0.15) is 0 Å². The van der Waals surface area contributed by atoms with Crippen molar-refractivity contribution in [1.29, 1.82) is 0 Å². The lowest BCUT2D eigenvalue weighted by Gasteiger charge is -2.02. The second-order valence-electron chi connectivity index (χ2n) is 5.39. The number of hydrogen-bond donors (Lipinski definition) is 1. The Morgan fingerprint density at radius 1 is 1.21 bits per heavy atom. The Morgan fingerprint density at radius 3 is 2.88 bits per heavy atom. The van der Waals surface area contributed by atoms with Gasteiger partial charge < -0.3 is 0 Å². The third-order valence-electron chi connectivity index (χ3n) is 3.86. The van der Waals surface area contributed by atoms with Gasteiger partial charge in [-0.15, -0.1) is 11.3 Å². The summed E-state index contributed by atoms with van der Waals surface area (Å²) < 4.78 is 0. The van der Waals surface area contributed by atoms with Crippen LogP contribution in [0.3, 0.4) is 0 Å². The number of non-ortho nitro benzene ring substituents is 1. The van der Waals surface area contributed by atoms with E-state index in [9.17, 15) is 14.9 Å². The molecule has 4 rings (SSSR count). The number of nitro benzene ring substituents is 1. The van der Waals surface area contributed by atoms with Crippen molar-refractivity contribution in [2.75, 3.05) is 5.32 Å². The van der Waals surface area contributed by atoms with Gasteiger partial charge >= 0.3 is 0 Å². The molecule has 1 N–H and O–H groups in total. The molecule has 3 aromatic rings. The first-order valence-corrected chi connectivity index (χ1v) is 8.07. The number of fused-ring (bicyclic) bond motifs is 3. The number of rotatable bonds is 3. The fraction of sp³-hybridized carbons (Fsp3) is 0.0588. The van der Waals surface area contributed by atoms with E-state index in [1.54, 1.807) is 6.07 Å². The normalized spacial score (nSPS) is 11.7. The number of amides is 1. The zero-order valence-electron chi connectivity index (χ0n) is 12.4. The lowest BCUT2D eigenvalue weighted by molar-refractivity contribution is -0.384. The molecule has 1 heterocycles. The number of nitrogens with one attached hydrogen (secondary N) is 1. The molecule has 0 saturated heterocycles. The summed E-state index contributed by atoms with van der Waals surface area (Å²) in [5.41, 5.74) is 3.37. The first-order valence-electron chi connectivity index (χ1n) is 7.25. The fourth-order valence-electron chi connectivity index (χ4n) is 2.74. The monoisotopic (exact) mass is 337 g/mol. The molecular weight excluding hydrogens is 326 g/mol. The molecule has 0 atom stereocenters. The highest BCUT2D eigenvalue weighted by Crippen LogP contribution is 2.40. The summed E-state index contributed by atoms with van der Waals surface area (Å²) in [5.74, 6) is -0.403. The van der Waals surface area contributed by atoms with Gasteiger partial charge in [0.05, 0.1) is 10.6 Å². The Labute approximate surface area is 140 Å². The van der Waals surface area contributed by atoms with E-state index in [0.717, 1.165) is 22.6 Å². The highest BCUT2D eigenvalue weighted by atomic mass is 32.1. The molecule has 0 spiro atoms. The van der Waals surface area contributed by atoms with Crippen LogP contribution >= 0.6 is 11.3 Å². The number of anilines is 1. The van der Waals surface area contributed by atoms with Gasteiger partial charge in [-0.1, -0.05) is 30.3 Å². The van der Waals surface area contributed by atoms with Gasteiger partial charge in [-0.05, 0) is 11.6 Å². The smallest absolute Gasteiger partial charge is 0.270 e. The predicted molar refractivity (Wildman–Crippen MR) is 91.4 cm³/mol. The van der Waals surface area contributed by atoms with Gasteiger partial charge in [0.25, 0.3) is 11.6 Å². The molecule has 1 aliphatic carbocycles. The van der Waals surface area contributed by atoms with Crippen LogP contribution in [0.15, 0.2) is 48.5 Å². The van der Waals surface area contributed by atoms with Crippen LogP contribution in [0.5, 0.6) is 0 Å². The Balaban J connectivity index is 1.59. The number of aromatic nitrogens is 1. The van der Waals surface area contributed by atoms with Gasteiger partial charge in [-0.3, -0.25) is 20.2 Å². The first-order chi connectivity index (χ1) is 11.6. The zero-order chi connectivity index (χ0) is 16.7. The molecule has 118 valence electrons. The minimum Gasteiger partial charge on any atom is -0.298 e. The van der Waals surface area contributed by atoms with E-state index in [0.29, 0.717) is 5.13 Å². The van der Waals surface area contributed by atoms with Crippen LogP contribution in [0.1, 0.15) is 20.8 Å². The Bertz CT molecular complexity index is 981. The summed E-state index contributed by atoms with van der Waals surface area (Å²) in [4.78, 5) is 28.2. The second kappa shape index (κ2) is 5.54. The third-order valence-corrected chi connectivity index (χ3v) is 4.83. The van der Waals surface area contributed by atoms with Crippen molar-refractivity contribution in [3.8, 4) is 11.3 Å². The SMILES string of the molecule is O=C(Nc1nc2c(s1)Cc1ccccc1-2)c1cccc([N+](=O)[O-])c1. The molecular formula is C17H11N3O3S. The molecule has 0 radical (unpaired) electrons. The minimum atomic E-state index is -0.522. The van der Waals surface area contributed by atoms with E-state index in [-0.39, 0.29) is 11.3 Å². The molecule has 0 aliphatic heterocycles. The number of nitro groups is 1. The highest BCUT2D eigenvalue weighted by molar-refractivity contribution is 7.16. The van der Waals surface area contributed by atoms with E-state index in [4.69, 9.17) is 0 Å². The molecule has 7 heteroatoms. The van der Waals surface area contributed by atoms with Crippen molar-refractivity contribution < 1.29 is 9.72 Å². The topological polar surface area (TPSA) is 85.1 Å². The lowest BCUT2D eigenvalue weighted by Crippen LogP contribution is -2.11. The maximum Gasteiger partial charge on any atom is 0.270 e. The average molecular weight is 337 g/mol. The summed E-state index contributed by atoms with van der Waals surface area (Å²) >= 11 is 1.44. The predicted octanol–water partition coefficient (Wildman–Crippen LogP) is 3.87. The van der Waals surface area contributed by atoms with E-state index in [1.807, 2.05) is 18.2 Å². The number of benzene rings is 2. The van der Waals surface area contributed by atoms with Crippen molar-refractivity contribution in [3.05, 3.63) is 74.6 Å². The fourth-order valence-corrected chi connectivity index (χ4v) is 3.74. The maximum atomic E-state index is 12.3. The quantitative estimate of drug-likeness (QED) is 0.454. The van der Waals surface area contributed by atoms with E-state index < -0.39 is 10.8 Å². The van der Waals surface area contributed by atoms with Gasteiger partial charge in [0.2, 0.25) is 0 Å². The number of carbonyl (C=O) groups is 1. The Hall–Kier alpha value is -3.06. The standard InChI is InChI=1S/C17H11N3O3S/c21-16(11-5-3-6-12(8-11)20(22)23)19-17-18-15-13-7-2-1-4-10(13)9-14(15)24-17/h1-8H,9H2,(H,18,19,21). The van der Waals surface area contributed by atoms with E-state index in [1.165, 1.54) is 35.1 Å². The Morgan fingerprint density at radius 2 is 2.04 bits per heavy atom. The molecule has 6 nitrogen and oxygen atoms in total. The second-order valence-corrected chi connectivity index (χ2v) is 6.47. The van der Waals surface area contributed by atoms with E-state index in [2.05, 4.69) is 16.4 Å². The number of carbonyl (C=O) groups excluding carboxylic acids is 1. The summed E-state index contributed by atoms with van der Waals surface area (Å²) in [6, 6.07) is 13.7. The van der Waals surface area contributed by atoms with Crippen molar-refractivity contribution in [3.63, 3.8) is 0 Å². The number of hydrogen-bond acceptors (Lipinski definition) is 5. The Kier molecular flexibility index (Phi) is 3.35. The number of thiazole rings is 1. The van der Waals surface area contributed by atoms with Crippen molar-refractivity contribution in [2.24, 2.45) is 0 Å². The molecule has 24 heavy (non-hydrogen) atoms. The van der Waals surface area contributed by atoms with E-state index >= 15 is 0 Å². The van der Waals surface area contributed by atoms with Crippen LogP contribution in [-0.4, -0.2) is 15.8 Å². The molecule has 0 fully saturated rings. The molecule has 0 unspecified atom stereocenters. The van der Waals surface area contributed by atoms with Crippen molar-refractivity contribution in [1.82, 2.24) is 4.98 Å². The van der Waals surface area contributed by atoms with Crippen LogP contribution in [0.25, 0.3) is 11.3 Å². The lowest BCUT2D eigenvalue weighted by atomic mass is 10.1. The highest BCUT2D eigenvalue weighted by Gasteiger charge is 2.23. The van der Waals surface area contributed by atoms with Crippen LogP contribution in [-0.2, 0) is 6.42 Å². The molecule has 1 aromatic heterocycles. The van der Waals surface area contributed by atoms with Gasteiger partial charge in [-0.25, -0.2) is 4.98 Å².